The zero-order valence-electron chi connectivity index (χ0n) is 19.4. The van der Waals surface area contributed by atoms with Gasteiger partial charge < -0.3 is 14.0 Å². The number of hydrogen-bond acceptors (Lipinski definition) is 5. The molecule has 2 rings (SSSR count). The molecule has 1 aliphatic rings. The second-order valence-electron chi connectivity index (χ2n) is 9.61. The molecule has 30 heavy (non-hydrogen) atoms. The van der Waals surface area contributed by atoms with E-state index in [-0.39, 0.29) is 21.1 Å². The van der Waals surface area contributed by atoms with Crippen LogP contribution in [-0.2, 0) is 20.6 Å². The number of thioether (sulfide) groups is 2. The summed E-state index contributed by atoms with van der Waals surface area (Å²) in [5.41, 5.74) is 1.16. The summed E-state index contributed by atoms with van der Waals surface area (Å²) in [6.07, 6.45) is 5.83. The van der Waals surface area contributed by atoms with E-state index in [2.05, 4.69) is 59.0 Å². The highest BCUT2D eigenvalue weighted by molar-refractivity contribution is 8.21. The Kier molecular flexibility index (Phi) is 9.75. The minimum atomic E-state index is -2.01. The van der Waals surface area contributed by atoms with Gasteiger partial charge in [-0.3, -0.25) is 0 Å². The largest absolute Gasteiger partial charge is 0.410 e. The van der Waals surface area contributed by atoms with Crippen LogP contribution in [0.3, 0.4) is 0 Å². The second-order valence-corrected chi connectivity index (χ2v) is 17.8. The van der Waals surface area contributed by atoms with Crippen LogP contribution in [0.25, 0.3) is 0 Å². The van der Waals surface area contributed by atoms with Gasteiger partial charge in [0, 0.05) is 17.4 Å². The van der Waals surface area contributed by atoms with Crippen LogP contribution in [0.4, 0.5) is 0 Å². The fourth-order valence-corrected chi connectivity index (χ4v) is 7.41. The van der Waals surface area contributed by atoms with Crippen LogP contribution in [0.1, 0.15) is 39.7 Å². The third-order valence-corrected chi connectivity index (χ3v) is 13.8. The standard InChI is InChI=1S/C24H38O3S2Si/c1-23(2,3)30(5,6)27-22(21(18-25)17-24(4)28-15-16-29-24)13-10-14-26-19-20-11-8-7-9-12-20/h7-13,18,21-22H,14-17,19H2,1-6H3/b13-10+/t21-,22-/m1/s1. The molecule has 0 saturated carbocycles. The van der Waals surface area contributed by atoms with E-state index in [1.807, 2.05) is 47.8 Å². The van der Waals surface area contributed by atoms with Gasteiger partial charge in [-0.05, 0) is 37.0 Å². The van der Waals surface area contributed by atoms with Gasteiger partial charge in [-0.25, -0.2) is 0 Å². The molecule has 3 nitrogen and oxygen atoms in total. The molecule has 0 spiro atoms. The Bertz CT molecular complexity index is 679. The Balaban J connectivity index is 2.06. The summed E-state index contributed by atoms with van der Waals surface area (Å²) in [4.78, 5) is 12.1. The monoisotopic (exact) mass is 466 g/mol. The third-order valence-electron chi connectivity index (χ3n) is 5.99. The van der Waals surface area contributed by atoms with Crippen LogP contribution in [0, 0.1) is 5.92 Å². The minimum absolute atomic E-state index is 0.0943. The molecule has 1 aromatic rings. The van der Waals surface area contributed by atoms with Gasteiger partial charge >= 0.3 is 0 Å². The highest BCUT2D eigenvalue weighted by Crippen LogP contribution is 2.48. The van der Waals surface area contributed by atoms with Crippen molar-refractivity contribution in [3.63, 3.8) is 0 Å². The van der Waals surface area contributed by atoms with Crippen LogP contribution < -0.4 is 0 Å². The Morgan fingerprint density at radius 3 is 2.37 bits per heavy atom. The lowest BCUT2D eigenvalue weighted by Gasteiger charge is -2.40. The van der Waals surface area contributed by atoms with E-state index in [1.165, 1.54) is 0 Å². The Morgan fingerprint density at radius 2 is 1.80 bits per heavy atom. The van der Waals surface area contributed by atoms with E-state index in [1.54, 1.807) is 0 Å². The molecule has 0 amide bonds. The van der Waals surface area contributed by atoms with E-state index in [9.17, 15) is 4.79 Å². The summed E-state index contributed by atoms with van der Waals surface area (Å²) >= 11 is 3.94. The molecule has 0 bridgehead atoms. The van der Waals surface area contributed by atoms with E-state index < -0.39 is 8.32 Å². The number of carbonyl (C=O) groups excluding carboxylic acids is 1. The summed E-state index contributed by atoms with van der Waals surface area (Å²) in [6.45, 7) is 14.6. The van der Waals surface area contributed by atoms with Crippen molar-refractivity contribution in [3.05, 3.63) is 48.0 Å². The van der Waals surface area contributed by atoms with Crippen molar-refractivity contribution < 1.29 is 14.0 Å². The lowest BCUT2D eigenvalue weighted by atomic mass is 9.98. The molecule has 168 valence electrons. The molecule has 1 aliphatic heterocycles. The predicted molar refractivity (Wildman–Crippen MR) is 135 cm³/mol. The maximum atomic E-state index is 12.1. The zero-order valence-corrected chi connectivity index (χ0v) is 22.0. The molecule has 0 unspecified atom stereocenters. The van der Waals surface area contributed by atoms with Crippen molar-refractivity contribution in [3.8, 4) is 0 Å². The fourth-order valence-electron chi connectivity index (χ4n) is 3.14. The van der Waals surface area contributed by atoms with Gasteiger partial charge in [-0.1, -0.05) is 63.3 Å². The van der Waals surface area contributed by atoms with Gasteiger partial charge in [0.05, 0.1) is 23.4 Å². The third kappa shape index (κ3) is 7.86. The Morgan fingerprint density at radius 1 is 1.17 bits per heavy atom. The van der Waals surface area contributed by atoms with Crippen LogP contribution in [0.15, 0.2) is 42.5 Å². The van der Waals surface area contributed by atoms with Crippen molar-refractivity contribution in [1.29, 1.82) is 0 Å². The first kappa shape index (κ1) is 25.7. The van der Waals surface area contributed by atoms with Gasteiger partial charge in [-0.15, -0.1) is 23.5 Å². The SMILES string of the molecule is CC1(C[C@H](C=O)[C@@H](/C=C/COCc2ccccc2)O[Si](C)(C)C(C)(C)C)SCCS1. The summed E-state index contributed by atoms with van der Waals surface area (Å²) in [6, 6.07) is 10.2. The number of aldehydes is 1. The maximum absolute atomic E-state index is 12.1. The number of hydrogen-bond donors (Lipinski definition) is 0. The molecular weight excluding hydrogens is 428 g/mol. The maximum Gasteiger partial charge on any atom is 0.192 e. The first-order chi connectivity index (χ1) is 14.1. The van der Waals surface area contributed by atoms with E-state index in [0.717, 1.165) is 29.8 Å². The van der Waals surface area contributed by atoms with Crippen LogP contribution >= 0.6 is 23.5 Å². The summed E-state index contributed by atoms with van der Waals surface area (Å²) in [5.74, 6) is 2.17. The molecule has 1 heterocycles. The van der Waals surface area contributed by atoms with Crippen molar-refractivity contribution in [2.75, 3.05) is 18.1 Å². The summed E-state index contributed by atoms with van der Waals surface area (Å²) in [5, 5.41) is 0.0943. The molecule has 6 heteroatoms. The van der Waals surface area contributed by atoms with Gasteiger partial charge in [0.1, 0.15) is 6.29 Å². The van der Waals surface area contributed by atoms with Crippen LogP contribution in [0.5, 0.6) is 0 Å². The van der Waals surface area contributed by atoms with Crippen molar-refractivity contribution in [1.82, 2.24) is 0 Å². The normalized spacial score (nSPS) is 19.1. The molecule has 1 saturated heterocycles. The lowest BCUT2D eigenvalue weighted by Crippen LogP contribution is -2.46. The summed E-state index contributed by atoms with van der Waals surface area (Å²) in [7, 11) is -2.01. The van der Waals surface area contributed by atoms with Gasteiger partial charge in [-0.2, -0.15) is 0 Å². The Hall–Kier alpha value is -0.533. The first-order valence-electron chi connectivity index (χ1n) is 10.8. The van der Waals surface area contributed by atoms with Gasteiger partial charge in [0.25, 0.3) is 0 Å². The minimum Gasteiger partial charge on any atom is -0.410 e. The average Bonchev–Trinajstić information content (AvgIpc) is 3.11. The molecule has 1 fully saturated rings. The average molecular weight is 467 g/mol. The molecule has 0 aromatic heterocycles. The Labute approximate surface area is 192 Å². The van der Waals surface area contributed by atoms with E-state index in [0.29, 0.717) is 13.2 Å². The second kappa shape index (κ2) is 11.4. The zero-order chi connectivity index (χ0) is 22.3. The molecule has 0 N–H and O–H groups in total. The van der Waals surface area contributed by atoms with Crippen LogP contribution in [0.2, 0.25) is 18.1 Å². The first-order valence-corrected chi connectivity index (χ1v) is 15.6. The smallest absolute Gasteiger partial charge is 0.192 e. The van der Waals surface area contributed by atoms with E-state index in [4.69, 9.17) is 9.16 Å². The van der Waals surface area contributed by atoms with Gasteiger partial charge in [0.2, 0.25) is 0 Å². The number of rotatable bonds is 11. The number of carbonyl (C=O) groups is 1. The molecule has 1 aromatic carbocycles. The van der Waals surface area contributed by atoms with Crippen LogP contribution in [-0.4, -0.2) is 42.9 Å². The highest BCUT2D eigenvalue weighted by Gasteiger charge is 2.42. The van der Waals surface area contributed by atoms with Gasteiger partial charge in [0.15, 0.2) is 8.32 Å². The predicted octanol–water partition coefficient (Wildman–Crippen LogP) is 6.55. The molecular formula is C24H38O3S2Si. The quantitative estimate of drug-likeness (QED) is 0.160. The molecule has 0 radical (unpaired) electrons. The molecule has 2 atom stereocenters. The van der Waals surface area contributed by atoms with Crippen molar-refractivity contribution >= 4 is 38.1 Å². The number of benzene rings is 1. The topological polar surface area (TPSA) is 35.5 Å². The lowest BCUT2D eigenvalue weighted by molar-refractivity contribution is -0.113. The summed E-state index contributed by atoms with van der Waals surface area (Å²) < 4.78 is 12.6. The van der Waals surface area contributed by atoms with Crippen molar-refractivity contribution in [2.45, 2.75) is 69.0 Å². The molecule has 0 aliphatic carbocycles. The number of ether oxygens (including phenoxy) is 1. The van der Waals surface area contributed by atoms with E-state index >= 15 is 0 Å². The highest BCUT2D eigenvalue weighted by atomic mass is 32.2. The fraction of sp³-hybridized carbons (Fsp3) is 0.625. The van der Waals surface area contributed by atoms with Crippen molar-refractivity contribution in [2.24, 2.45) is 5.92 Å².